The average Bonchev–Trinajstić information content (AvgIpc) is 2.62. The Morgan fingerprint density at radius 1 is 1.12 bits per heavy atom. The van der Waals surface area contributed by atoms with Crippen molar-refractivity contribution in [3.05, 3.63) is 58.6 Å². The van der Waals surface area contributed by atoms with Gasteiger partial charge >= 0.3 is 12.0 Å². The van der Waals surface area contributed by atoms with E-state index in [0.717, 1.165) is 10.0 Å². The second-order valence-electron chi connectivity index (χ2n) is 5.15. The number of esters is 1. The minimum atomic E-state index is -0.383. The standard InChI is InChI=1S/C18H19BrN2O4/c1-24-16-4-2-3-13(11-16)12-25-17(22)9-10-20-18(23)21-15-7-5-14(19)6-8-15/h2-8,11H,9-10,12H2,1H3,(H2,20,21,23). The number of carbonyl (C=O) groups excluding carboxylic acids is 2. The number of benzene rings is 2. The number of hydrogen-bond acceptors (Lipinski definition) is 4. The van der Waals surface area contributed by atoms with Crippen LogP contribution < -0.4 is 15.4 Å². The summed E-state index contributed by atoms with van der Waals surface area (Å²) in [5, 5.41) is 5.29. The summed E-state index contributed by atoms with van der Waals surface area (Å²) in [5.41, 5.74) is 1.51. The highest BCUT2D eigenvalue weighted by Crippen LogP contribution is 2.14. The lowest BCUT2D eigenvalue weighted by Gasteiger charge is -2.08. The lowest BCUT2D eigenvalue weighted by molar-refractivity contribution is -0.144. The maximum Gasteiger partial charge on any atom is 0.319 e. The number of urea groups is 1. The van der Waals surface area contributed by atoms with E-state index in [4.69, 9.17) is 9.47 Å². The van der Waals surface area contributed by atoms with Gasteiger partial charge in [-0.15, -0.1) is 0 Å². The first-order chi connectivity index (χ1) is 12.1. The molecule has 2 aromatic rings. The highest BCUT2D eigenvalue weighted by molar-refractivity contribution is 9.10. The molecule has 0 bridgehead atoms. The number of rotatable bonds is 7. The van der Waals surface area contributed by atoms with Crippen molar-refractivity contribution in [2.75, 3.05) is 19.0 Å². The van der Waals surface area contributed by atoms with Crippen LogP contribution in [0.4, 0.5) is 10.5 Å². The Kier molecular flexibility index (Phi) is 7.28. The van der Waals surface area contributed by atoms with Gasteiger partial charge in [0.15, 0.2) is 0 Å². The van der Waals surface area contributed by atoms with Gasteiger partial charge < -0.3 is 20.1 Å². The van der Waals surface area contributed by atoms with E-state index in [1.807, 2.05) is 30.3 Å². The van der Waals surface area contributed by atoms with Gasteiger partial charge in [0.1, 0.15) is 12.4 Å². The molecule has 0 radical (unpaired) electrons. The molecule has 0 aliphatic heterocycles. The Bertz CT molecular complexity index is 719. The van der Waals surface area contributed by atoms with E-state index >= 15 is 0 Å². The average molecular weight is 407 g/mol. The van der Waals surface area contributed by atoms with Crippen LogP contribution in [0.3, 0.4) is 0 Å². The Hall–Kier alpha value is -2.54. The Morgan fingerprint density at radius 2 is 1.88 bits per heavy atom. The van der Waals surface area contributed by atoms with Crippen LogP contribution in [-0.4, -0.2) is 25.7 Å². The molecule has 0 fully saturated rings. The smallest absolute Gasteiger partial charge is 0.319 e. The minimum Gasteiger partial charge on any atom is -0.497 e. The lowest BCUT2D eigenvalue weighted by atomic mass is 10.2. The summed E-state index contributed by atoms with van der Waals surface area (Å²) >= 11 is 3.32. The molecule has 0 aliphatic carbocycles. The van der Waals surface area contributed by atoms with Crippen LogP contribution in [0.2, 0.25) is 0 Å². The van der Waals surface area contributed by atoms with Crippen LogP contribution in [0.15, 0.2) is 53.0 Å². The molecule has 0 heterocycles. The number of carbonyl (C=O) groups is 2. The highest BCUT2D eigenvalue weighted by Gasteiger charge is 2.06. The van der Waals surface area contributed by atoms with Crippen molar-refractivity contribution >= 4 is 33.6 Å². The van der Waals surface area contributed by atoms with Gasteiger partial charge in [-0.2, -0.15) is 0 Å². The van der Waals surface area contributed by atoms with Gasteiger partial charge in [0, 0.05) is 16.7 Å². The molecule has 0 aromatic heterocycles. The Morgan fingerprint density at radius 3 is 2.60 bits per heavy atom. The number of halogens is 1. The molecule has 2 rings (SSSR count). The number of amides is 2. The number of nitrogens with one attached hydrogen (secondary N) is 2. The van der Waals surface area contributed by atoms with E-state index in [1.165, 1.54) is 0 Å². The molecule has 0 saturated carbocycles. The number of methoxy groups -OCH3 is 1. The summed E-state index contributed by atoms with van der Waals surface area (Å²) < 4.78 is 11.2. The van der Waals surface area contributed by atoms with Gasteiger partial charge in [-0.25, -0.2) is 4.79 Å². The van der Waals surface area contributed by atoms with E-state index < -0.39 is 0 Å². The third-order valence-corrected chi connectivity index (χ3v) is 3.78. The molecule has 2 aromatic carbocycles. The maximum atomic E-state index is 11.7. The number of ether oxygens (including phenoxy) is 2. The van der Waals surface area contributed by atoms with Gasteiger partial charge in [-0.1, -0.05) is 28.1 Å². The molecular weight excluding hydrogens is 388 g/mol. The lowest BCUT2D eigenvalue weighted by Crippen LogP contribution is -2.30. The summed E-state index contributed by atoms with van der Waals surface area (Å²) in [6.07, 6.45) is 0.0950. The topological polar surface area (TPSA) is 76.7 Å². The Balaban J connectivity index is 1.66. The first-order valence-electron chi connectivity index (χ1n) is 7.66. The predicted molar refractivity (Wildman–Crippen MR) is 98.6 cm³/mol. The van der Waals surface area contributed by atoms with Crippen LogP contribution in [0, 0.1) is 0 Å². The van der Waals surface area contributed by atoms with E-state index in [9.17, 15) is 9.59 Å². The van der Waals surface area contributed by atoms with Crippen molar-refractivity contribution in [2.24, 2.45) is 0 Å². The zero-order valence-corrected chi connectivity index (χ0v) is 15.3. The summed E-state index contributed by atoms with van der Waals surface area (Å²) in [5.74, 6) is 0.326. The van der Waals surface area contributed by atoms with E-state index in [0.29, 0.717) is 11.4 Å². The largest absolute Gasteiger partial charge is 0.497 e. The predicted octanol–water partition coefficient (Wildman–Crippen LogP) is 3.71. The monoisotopic (exact) mass is 406 g/mol. The van der Waals surface area contributed by atoms with Gasteiger partial charge in [0.25, 0.3) is 0 Å². The molecule has 0 atom stereocenters. The van der Waals surface area contributed by atoms with Gasteiger partial charge in [-0.3, -0.25) is 4.79 Å². The fourth-order valence-electron chi connectivity index (χ4n) is 1.98. The Labute approximate surface area is 154 Å². The minimum absolute atomic E-state index is 0.0950. The third-order valence-electron chi connectivity index (χ3n) is 3.25. The van der Waals surface area contributed by atoms with Crippen LogP contribution in [0.25, 0.3) is 0 Å². The van der Waals surface area contributed by atoms with Crippen LogP contribution in [-0.2, 0) is 16.1 Å². The zero-order chi connectivity index (χ0) is 18.1. The van der Waals surface area contributed by atoms with E-state index in [1.54, 1.807) is 25.3 Å². The van der Waals surface area contributed by atoms with Crippen LogP contribution >= 0.6 is 15.9 Å². The normalized spacial score (nSPS) is 10.0. The van der Waals surface area contributed by atoms with E-state index in [-0.39, 0.29) is 31.6 Å². The molecule has 0 aliphatic rings. The van der Waals surface area contributed by atoms with Gasteiger partial charge in [0.2, 0.25) is 0 Å². The molecule has 6 nitrogen and oxygen atoms in total. The van der Waals surface area contributed by atoms with Gasteiger partial charge in [0.05, 0.1) is 13.5 Å². The molecule has 7 heteroatoms. The van der Waals surface area contributed by atoms with Crippen molar-refractivity contribution in [3.8, 4) is 5.75 Å². The van der Waals surface area contributed by atoms with Crippen molar-refractivity contribution in [2.45, 2.75) is 13.0 Å². The summed E-state index contributed by atoms with van der Waals surface area (Å²) in [6.45, 7) is 0.362. The van der Waals surface area contributed by atoms with Crippen molar-refractivity contribution in [1.82, 2.24) is 5.32 Å². The molecule has 0 saturated heterocycles. The fraction of sp³-hybridized carbons (Fsp3) is 0.222. The molecule has 2 N–H and O–H groups in total. The number of anilines is 1. The van der Waals surface area contributed by atoms with Crippen LogP contribution in [0.5, 0.6) is 5.75 Å². The highest BCUT2D eigenvalue weighted by atomic mass is 79.9. The third kappa shape index (κ3) is 6.84. The molecule has 0 spiro atoms. The fourth-order valence-corrected chi connectivity index (χ4v) is 2.25. The summed E-state index contributed by atoms with van der Waals surface area (Å²) in [6, 6.07) is 14.1. The number of hydrogen-bond donors (Lipinski definition) is 2. The maximum absolute atomic E-state index is 11.7. The van der Waals surface area contributed by atoms with Crippen LogP contribution in [0.1, 0.15) is 12.0 Å². The second-order valence-corrected chi connectivity index (χ2v) is 6.07. The van der Waals surface area contributed by atoms with Crippen molar-refractivity contribution in [3.63, 3.8) is 0 Å². The first kappa shape index (κ1) is 18.8. The van der Waals surface area contributed by atoms with Gasteiger partial charge in [-0.05, 0) is 42.0 Å². The zero-order valence-electron chi connectivity index (χ0n) is 13.8. The second kappa shape index (κ2) is 9.68. The summed E-state index contributed by atoms with van der Waals surface area (Å²) in [7, 11) is 1.58. The van der Waals surface area contributed by atoms with Crippen molar-refractivity contribution in [1.29, 1.82) is 0 Å². The van der Waals surface area contributed by atoms with Crippen molar-refractivity contribution < 1.29 is 19.1 Å². The summed E-state index contributed by atoms with van der Waals surface area (Å²) in [4.78, 5) is 23.4. The molecule has 25 heavy (non-hydrogen) atoms. The van der Waals surface area contributed by atoms with E-state index in [2.05, 4.69) is 26.6 Å². The molecule has 132 valence electrons. The SMILES string of the molecule is COc1cccc(COC(=O)CCNC(=O)Nc2ccc(Br)cc2)c1. The quantitative estimate of drug-likeness (QED) is 0.687. The first-order valence-corrected chi connectivity index (χ1v) is 8.45. The molecular formula is C18H19BrN2O4. The molecule has 2 amide bonds. The molecule has 0 unspecified atom stereocenters.